The van der Waals surface area contributed by atoms with Gasteiger partial charge in [-0.3, -0.25) is 4.79 Å². The summed E-state index contributed by atoms with van der Waals surface area (Å²) in [5, 5.41) is 2.98. The molecule has 0 aromatic heterocycles. The molecule has 6 nitrogen and oxygen atoms in total. The number of sulfone groups is 1. The summed E-state index contributed by atoms with van der Waals surface area (Å²) in [7, 11) is -3.22. The fraction of sp³-hybridized carbons (Fsp3) is 0.462. The smallest absolute Gasteiger partial charge is 0.238 e. The molecule has 1 amide bonds. The summed E-state index contributed by atoms with van der Waals surface area (Å²) in [5.74, 6) is 0.00755. The van der Waals surface area contributed by atoms with Crippen LogP contribution in [-0.2, 0) is 14.6 Å². The maximum atomic E-state index is 11.3. The van der Waals surface area contributed by atoms with Gasteiger partial charge < -0.3 is 15.8 Å². The summed E-state index contributed by atoms with van der Waals surface area (Å²) >= 11 is 0. The predicted molar refractivity (Wildman–Crippen MR) is 76.3 cm³/mol. The van der Waals surface area contributed by atoms with Crippen molar-refractivity contribution in [3.8, 4) is 5.75 Å². The molecule has 1 atom stereocenters. The van der Waals surface area contributed by atoms with Gasteiger partial charge in [0.2, 0.25) is 5.91 Å². The predicted octanol–water partition coefficient (Wildman–Crippen LogP) is 0.322. The molecule has 0 radical (unpaired) electrons. The van der Waals surface area contributed by atoms with E-state index < -0.39 is 21.8 Å². The topological polar surface area (TPSA) is 98.5 Å². The van der Waals surface area contributed by atoms with Crippen molar-refractivity contribution in [2.75, 3.05) is 19.4 Å². The van der Waals surface area contributed by atoms with Crippen LogP contribution in [0.4, 0.5) is 0 Å². The zero-order chi connectivity index (χ0) is 15.2. The van der Waals surface area contributed by atoms with Gasteiger partial charge in [-0.05, 0) is 37.2 Å². The van der Waals surface area contributed by atoms with Crippen LogP contribution in [0, 0.1) is 0 Å². The molecule has 0 aliphatic rings. The highest BCUT2D eigenvalue weighted by molar-refractivity contribution is 7.90. The van der Waals surface area contributed by atoms with Crippen LogP contribution in [0.25, 0.3) is 0 Å². The van der Waals surface area contributed by atoms with Gasteiger partial charge in [0.05, 0.1) is 4.90 Å². The Kier molecular flexibility index (Phi) is 5.97. The van der Waals surface area contributed by atoms with E-state index in [1.807, 2.05) is 6.92 Å². The Morgan fingerprint density at radius 2 is 1.95 bits per heavy atom. The second kappa shape index (κ2) is 7.25. The molecule has 0 aliphatic heterocycles. The lowest BCUT2D eigenvalue weighted by Crippen LogP contribution is -2.45. The van der Waals surface area contributed by atoms with E-state index in [4.69, 9.17) is 10.5 Å². The van der Waals surface area contributed by atoms with Crippen molar-refractivity contribution < 1.29 is 17.9 Å². The molecule has 0 fully saturated rings. The molecule has 1 unspecified atom stereocenters. The Bertz CT molecular complexity index is 540. The largest absolute Gasteiger partial charge is 0.491 e. The summed E-state index contributed by atoms with van der Waals surface area (Å²) < 4.78 is 28.0. The minimum atomic E-state index is -3.22. The lowest BCUT2D eigenvalue weighted by Gasteiger charge is -2.15. The molecule has 7 heteroatoms. The standard InChI is InChI=1S/C13H20N2O4S/c1-3-8-15-12(13(14)16)9-19-10-4-6-11(7-5-10)20(2,17)18/h4-7,12,15H,3,8-9H2,1-2H3,(H2,14,16). The second-order valence-electron chi connectivity index (χ2n) is 4.46. The molecule has 1 aromatic carbocycles. The number of benzene rings is 1. The summed E-state index contributed by atoms with van der Waals surface area (Å²) in [4.78, 5) is 11.4. The number of amides is 1. The van der Waals surface area contributed by atoms with E-state index in [1.54, 1.807) is 12.1 Å². The van der Waals surface area contributed by atoms with Gasteiger partial charge in [0.15, 0.2) is 9.84 Å². The van der Waals surface area contributed by atoms with Crippen LogP contribution in [0.5, 0.6) is 5.75 Å². The highest BCUT2D eigenvalue weighted by Crippen LogP contribution is 2.15. The Hall–Kier alpha value is -1.60. The fourth-order valence-corrected chi connectivity index (χ4v) is 2.15. The maximum absolute atomic E-state index is 11.3. The molecular formula is C13H20N2O4S. The molecule has 0 aliphatic carbocycles. The van der Waals surface area contributed by atoms with Gasteiger partial charge in [-0.25, -0.2) is 8.42 Å². The van der Waals surface area contributed by atoms with Gasteiger partial charge in [-0.1, -0.05) is 6.92 Å². The molecule has 112 valence electrons. The summed E-state index contributed by atoms with van der Waals surface area (Å²) in [6, 6.07) is 5.46. The van der Waals surface area contributed by atoms with E-state index in [2.05, 4.69) is 5.32 Å². The zero-order valence-corrected chi connectivity index (χ0v) is 12.4. The Balaban J connectivity index is 2.62. The monoisotopic (exact) mass is 300 g/mol. The second-order valence-corrected chi connectivity index (χ2v) is 6.48. The van der Waals surface area contributed by atoms with Crippen LogP contribution < -0.4 is 15.8 Å². The average Bonchev–Trinajstić information content (AvgIpc) is 2.38. The van der Waals surface area contributed by atoms with Crippen LogP contribution in [0.2, 0.25) is 0 Å². The number of carbonyl (C=O) groups is 1. The first-order valence-electron chi connectivity index (χ1n) is 6.30. The first kappa shape index (κ1) is 16.5. The van der Waals surface area contributed by atoms with Crippen molar-refractivity contribution in [3.05, 3.63) is 24.3 Å². The minimum Gasteiger partial charge on any atom is -0.491 e. The third kappa shape index (κ3) is 5.18. The number of rotatable bonds is 8. The molecular weight excluding hydrogens is 280 g/mol. The minimum absolute atomic E-state index is 0.105. The van der Waals surface area contributed by atoms with Crippen LogP contribution in [0.3, 0.4) is 0 Å². The summed E-state index contributed by atoms with van der Waals surface area (Å²) in [5.41, 5.74) is 5.26. The van der Waals surface area contributed by atoms with E-state index in [-0.39, 0.29) is 11.5 Å². The third-order valence-corrected chi connectivity index (χ3v) is 3.78. The van der Waals surface area contributed by atoms with Gasteiger partial charge in [-0.2, -0.15) is 0 Å². The molecule has 0 bridgehead atoms. The Morgan fingerprint density at radius 3 is 2.40 bits per heavy atom. The SMILES string of the molecule is CCCNC(COc1ccc(S(C)(=O)=O)cc1)C(N)=O. The Labute approximate surface area is 119 Å². The highest BCUT2D eigenvalue weighted by atomic mass is 32.2. The molecule has 1 aromatic rings. The van der Waals surface area contributed by atoms with Crippen molar-refractivity contribution in [3.63, 3.8) is 0 Å². The average molecular weight is 300 g/mol. The highest BCUT2D eigenvalue weighted by Gasteiger charge is 2.15. The van der Waals surface area contributed by atoms with Crippen LogP contribution >= 0.6 is 0 Å². The first-order valence-corrected chi connectivity index (χ1v) is 8.19. The van der Waals surface area contributed by atoms with Gasteiger partial charge in [0, 0.05) is 6.26 Å². The number of hydrogen-bond acceptors (Lipinski definition) is 5. The molecule has 0 saturated heterocycles. The molecule has 3 N–H and O–H groups in total. The van der Waals surface area contributed by atoms with E-state index in [0.717, 1.165) is 12.7 Å². The Morgan fingerprint density at radius 1 is 1.35 bits per heavy atom. The van der Waals surface area contributed by atoms with Crippen molar-refractivity contribution in [1.82, 2.24) is 5.32 Å². The van der Waals surface area contributed by atoms with Gasteiger partial charge in [0.1, 0.15) is 18.4 Å². The number of nitrogens with one attached hydrogen (secondary N) is 1. The molecule has 1 rings (SSSR count). The molecule has 20 heavy (non-hydrogen) atoms. The number of nitrogens with two attached hydrogens (primary N) is 1. The first-order chi connectivity index (χ1) is 9.34. The lowest BCUT2D eigenvalue weighted by atomic mass is 10.3. The quantitative estimate of drug-likeness (QED) is 0.720. The van der Waals surface area contributed by atoms with Crippen molar-refractivity contribution in [2.45, 2.75) is 24.3 Å². The molecule has 0 saturated carbocycles. The summed E-state index contributed by atoms with van der Waals surface area (Å²) in [6.07, 6.45) is 2.02. The van der Waals surface area contributed by atoms with E-state index >= 15 is 0 Å². The van der Waals surface area contributed by atoms with Gasteiger partial charge in [0.25, 0.3) is 0 Å². The normalized spacial score (nSPS) is 12.9. The van der Waals surface area contributed by atoms with Gasteiger partial charge >= 0.3 is 0 Å². The number of hydrogen-bond donors (Lipinski definition) is 2. The van der Waals surface area contributed by atoms with Crippen molar-refractivity contribution in [2.24, 2.45) is 5.73 Å². The molecule has 0 spiro atoms. The summed E-state index contributed by atoms with van der Waals surface area (Å²) in [6.45, 7) is 2.76. The maximum Gasteiger partial charge on any atom is 0.238 e. The van der Waals surface area contributed by atoms with E-state index in [9.17, 15) is 13.2 Å². The third-order valence-electron chi connectivity index (χ3n) is 2.65. The zero-order valence-electron chi connectivity index (χ0n) is 11.6. The number of ether oxygens (including phenoxy) is 1. The van der Waals surface area contributed by atoms with Gasteiger partial charge in [-0.15, -0.1) is 0 Å². The lowest BCUT2D eigenvalue weighted by molar-refractivity contribution is -0.120. The van der Waals surface area contributed by atoms with Crippen molar-refractivity contribution >= 4 is 15.7 Å². The fourth-order valence-electron chi connectivity index (χ4n) is 1.52. The molecule has 0 heterocycles. The van der Waals surface area contributed by atoms with E-state index in [0.29, 0.717) is 12.3 Å². The van der Waals surface area contributed by atoms with E-state index in [1.165, 1.54) is 12.1 Å². The van der Waals surface area contributed by atoms with Crippen LogP contribution in [0.15, 0.2) is 29.2 Å². The van der Waals surface area contributed by atoms with Crippen LogP contribution in [-0.4, -0.2) is 39.8 Å². The van der Waals surface area contributed by atoms with Crippen LogP contribution in [0.1, 0.15) is 13.3 Å². The van der Waals surface area contributed by atoms with Crippen molar-refractivity contribution in [1.29, 1.82) is 0 Å². The number of carbonyl (C=O) groups excluding carboxylic acids is 1. The number of primary amides is 1.